The Kier molecular flexibility index (Phi) is 5.16. The van der Waals surface area contributed by atoms with Crippen molar-refractivity contribution >= 4 is 27.5 Å². The molecule has 0 saturated carbocycles. The van der Waals surface area contributed by atoms with Crippen LogP contribution in [0.15, 0.2) is 46.9 Å². The molecule has 0 aliphatic rings. The maximum absolute atomic E-state index is 13.5. The molecule has 2 aromatic carbocycles. The molecule has 2 rings (SSSR count). The summed E-state index contributed by atoms with van der Waals surface area (Å²) in [5.41, 5.74) is 0.532. The second-order valence-electron chi connectivity index (χ2n) is 4.11. The number of halogens is 2. The Bertz CT molecular complexity index is 649. The highest BCUT2D eigenvalue weighted by atomic mass is 79.9. The zero-order chi connectivity index (χ0) is 15.2. The van der Waals surface area contributed by atoms with Gasteiger partial charge in [0, 0.05) is 4.47 Å². The molecule has 1 N–H and O–H groups in total. The van der Waals surface area contributed by atoms with Crippen molar-refractivity contribution in [3.63, 3.8) is 0 Å². The fourth-order valence-corrected chi connectivity index (χ4v) is 2.00. The number of hydrogen-bond acceptors (Lipinski definition) is 3. The van der Waals surface area contributed by atoms with Gasteiger partial charge in [-0.15, -0.1) is 0 Å². The highest BCUT2D eigenvalue weighted by Gasteiger charge is 2.09. The van der Waals surface area contributed by atoms with E-state index >= 15 is 0 Å². The van der Waals surface area contributed by atoms with Crippen LogP contribution in [0.4, 0.5) is 10.1 Å². The van der Waals surface area contributed by atoms with Gasteiger partial charge in [-0.05, 0) is 30.3 Å². The van der Waals surface area contributed by atoms with E-state index in [4.69, 9.17) is 9.47 Å². The number of hydrogen-bond donors (Lipinski definition) is 1. The van der Waals surface area contributed by atoms with Gasteiger partial charge >= 0.3 is 0 Å². The van der Waals surface area contributed by atoms with E-state index in [0.29, 0.717) is 15.9 Å². The molecule has 0 fully saturated rings. The second kappa shape index (κ2) is 7.08. The van der Waals surface area contributed by atoms with Crippen molar-refractivity contribution in [2.24, 2.45) is 0 Å². The average Bonchev–Trinajstić information content (AvgIpc) is 2.47. The Morgan fingerprint density at radius 2 is 2.00 bits per heavy atom. The summed E-state index contributed by atoms with van der Waals surface area (Å²) in [4.78, 5) is 11.8. The van der Waals surface area contributed by atoms with Crippen LogP contribution in [0.2, 0.25) is 0 Å². The van der Waals surface area contributed by atoms with Gasteiger partial charge in [0.2, 0.25) is 0 Å². The standard InChI is InChI=1S/C15H13BrFNO3/c1-20-14-5-3-2-4-12(14)18-15(19)9-21-13-7-6-10(16)8-11(13)17/h2-8H,9H2,1H3,(H,18,19). The van der Waals surface area contributed by atoms with Crippen LogP contribution >= 0.6 is 15.9 Å². The number of rotatable bonds is 5. The van der Waals surface area contributed by atoms with Crippen LogP contribution in [0.3, 0.4) is 0 Å². The molecule has 0 aliphatic heterocycles. The first-order valence-electron chi connectivity index (χ1n) is 6.11. The maximum Gasteiger partial charge on any atom is 0.262 e. The van der Waals surface area contributed by atoms with Crippen molar-refractivity contribution in [3.8, 4) is 11.5 Å². The van der Waals surface area contributed by atoms with E-state index in [-0.39, 0.29) is 12.4 Å². The first-order chi connectivity index (χ1) is 10.1. The molecule has 0 saturated heterocycles. The van der Waals surface area contributed by atoms with Gasteiger partial charge in [0.05, 0.1) is 12.8 Å². The van der Waals surface area contributed by atoms with E-state index in [1.54, 1.807) is 30.3 Å². The minimum Gasteiger partial charge on any atom is -0.495 e. The summed E-state index contributed by atoms with van der Waals surface area (Å²) in [5.74, 6) is -0.370. The van der Waals surface area contributed by atoms with Gasteiger partial charge in [0.1, 0.15) is 5.75 Å². The third-order valence-electron chi connectivity index (χ3n) is 2.63. The summed E-state index contributed by atoms with van der Waals surface area (Å²) in [6, 6.07) is 11.4. The number of anilines is 1. The first-order valence-corrected chi connectivity index (χ1v) is 6.90. The Morgan fingerprint density at radius 1 is 1.24 bits per heavy atom. The van der Waals surface area contributed by atoms with E-state index in [1.165, 1.54) is 19.2 Å². The molecule has 0 aliphatic carbocycles. The largest absolute Gasteiger partial charge is 0.495 e. The average molecular weight is 354 g/mol. The molecule has 1 amide bonds. The fraction of sp³-hybridized carbons (Fsp3) is 0.133. The number of ether oxygens (including phenoxy) is 2. The van der Waals surface area contributed by atoms with Crippen molar-refractivity contribution in [2.45, 2.75) is 0 Å². The van der Waals surface area contributed by atoms with Crippen molar-refractivity contribution in [1.82, 2.24) is 0 Å². The van der Waals surface area contributed by atoms with Gasteiger partial charge in [-0.25, -0.2) is 4.39 Å². The zero-order valence-corrected chi connectivity index (χ0v) is 12.8. The minimum absolute atomic E-state index is 0.0216. The lowest BCUT2D eigenvalue weighted by atomic mass is 10.3. The smallest absolute Gasteiger partial charge is 0.262 e. The van der Waals surface area contributed by atoms with E-state index in [2.05, 4.69) is 21.2 Å². The fourth-order valence-electron chi connectivity index (χ4n) is 1.67. The summed E-state index contributed by atoms with van der Waals surface area (Å²) in [6.07, 6.45) is 0. The van der Waals surface area contributed by atoms with Crippen molar-refractivity contribution in [3.05, 3.63) is 52.8 Å². The van der Waals surface area contributed by atoms with Crippen molar-refractivity contribution in [1.29, 1.82) is 0 Å². The van der Waals surface area contributed by atoms with Crippen LogP contribution in [0.25, 0.3) is 0 Å². The van der Waals surface area contributed by atoms with Gasteiger partial charge in [-0.2, -0.15) is 0 Å². The van der Waals surface area contributed by atoms with Crippen LogP contribution in [0.1, 0.15) is 0 Å². The van der Waals surface area contributed by atoms with Gasteiger partial charge in [-0.3, -0.25) is 4.79 Å². The molecule has 2 aromatic rings. The zero-order valence-electron chi connectivity index (χ0n) is 11.2. The molecular weight excluding hydrogens is 341 g/mol. The molecule has 0 unspecified atom stereocenters. The number of methoxy groups -OCH3 is 1. The van der Waals surface area contributed by atoms with Crippen molar-refractivity contribution in [2.75, 3.05) is 19.0 Å². The van der Waals surface area contributed by atoms with Gasteiger partial charge in [-0.1, -0.05) is 28.1 Å². The molecule has 0 aromatic heterocycles. The molecule has 0 spiro atoms. The third-order valence-corrected chi connectivity index (χ3v) is 3.13. The summed E-state index contributed by atoms with van der Waals surface area (Å²) >= 11 is 3.15. The van der Waals surface area contributed by atoms with Gasteiger partial charge in [0.25, 0.3) is 5.91 Å². The molecular formula is C15H13BrFNO3. The normalized spacial score (nSPS) is 10.0. The molecule has 21 heavy (non-hydrogen) atoms. The summed E-state index contributed by atoms with van der Waals surface area (Å²) in [5, 5.41) is 2.64. The summed E-state index contributed by atoms with van der Waals surface area (Å²) < 4.78 is 24.4. The molecule has 6 heteroatoms. The first kappa shape index (κ1) is 15.3. The Morgan fingerprint density at radius 3 is 2.71 bits per heavy atom. The highest BCUT2D eigenvalue weighted by Crippen LogP contribution is 2.23. The van der Waals surface area contributed by atoms with E-state index in [0.717, 1.165) is 0 Å². The maximum atomic E-state index is 13.5. The number of nitrogens with one attached hydrogen (secondary N) is 1. The number of carbonyl (C=O) groups excluding carboxylic acids is 1. The van der Waals surface area contributed by atoms with Crippen LogP contribution < -0.4 is 14.8 Å². The number of para-hydroxylation sites is 2. The monoisotopic (exact) mass is 353 g/mol. The molecule has 4 nitrogen and oxygen atoms in total. The minimum atomic E-state index is -0.533. The van der Waals surface area contributed by atoms with Gasteiger partial charge < -0.3 is 14.8 Å². The number of amides is 1. The summed E-state index contributed by atoms with van der Waals surface area (Å²) in [7, 11) is 1.51. The molecule has 0 radical (unpaired) electrons. The van der Waals surface area contributed by atoms with Crippen LogP contribution in [0.5, 0.6) is 11.5 Å². The van der Waals surface area contributed by atoms with E-state index in [1.807, 2.05) is 0 Å². The lowest BCUT2D eigenvalue weighted by Gasteiger charge is -2.11. The molecule has 110 valence electrons. The lowest BCUT2D eigenvalue weighted by molar-refractivity contribution is -0.118. The third kappa shape index (κ3) is 4.19. The second-order valence-corrected chi connectivity index (χ2v) is 5.03. The predicted octanol–water partition coefficient (Wildman–Crippen LogP) is 3.61. The Balaban J connectivity index is 1.96. The predicted molar refractivity (Wildman–Crippen MR) is 81.2 cm³/mol. The summed E-state index contributed by atoms with van der Waals surface area (Å²) in [6.45, 7) is -0.295. The molecule has 0 bridgehead atoms. The Hall–Kier alpha value is -2.08. The van der Waals surface area contributed by atoms with Gasteiger partial charge in [0.15, 0.2) is 18.2 Å². The van der Waals surface area contributed by atoms with E-state index in [9.17, 15) is 9.18 Å². The highest BCUT2D eigenvalue weighted by molar-refractivity contribution is 9.10. The number of benzene rings is 2. The molecule has 0 heterocycles. The Labute approximate surface area is 130 Å². The molecule has 0 atom stereocenters. The SMILES string of the molecule is COc1ccccc1NC(=O)COc1ccc(Br)cc1F. The van der Waals surface area contributed by atoms with Crippen LogP contribution in [0, 0.1) is 5.82 Å². The lowest BCUT2D eigenvalue weighted by Crippen LogP contribution is -2.20. The quantitative estimate of drug-likeness (QED) is 0.892. The van der Waals surface area contributed by atoms with Crippen LogP contribution in [-0.4, -0.2) is 19.6 Å². The van der Waals surface area contributed by atoms with Crippen molar-refractivity contribution < 1.29 is 18.7 Å². The van der Waals surface area contributed by atoms with Crippen LogP contribution in [-0.2, 0) is 4.79 Å². The topological polar surface area (TPSA) is 47.6 Å². The number of carbonyl (C=O) groups is 1. The van der Waals surface area contributed by atoms with E-state index < -0.39 is 11.7 Å².